The predicted octanol–water partition coefficient (Wildman–Crippen LogP) is 1.80. The van der Waals surface area contributed by atoms with Gasteiger partial charge in [0.25, 0.3) is 0 Å². The summed E-state index contributed by atoms with van der Waals surface area (Å²) in [5.74, 6) is 1.07. The molecule has 1 saturated carbocycles. The van der Waals surface area contributed by atoms with Crippen molar-refractivity contribution in [2.75, 3.05) is 0 Å². The molecule has 0 saturated heterocycles. The number of rotatable bonds is 0. The van der Waals surface area contributed by atoms with E-state index in [-0.39, 0.29) is 6.10 Å². The van der Waals surface area contributed by atoms with Crippen LogP contribution in [0.3, 0.4) is 0 Å². The van der Waals surface area contributed by atoms with E-state index in [1.807, 2.05) is 0 Å². The van der Waals surface area contributed by atoms with Gasteiger partial charge in [-0.1, -0.05) is 20.3 Å². The molecule has 1 aliphatic carbocycles. The fourth-order valence-electron chi connectivity index (χ4n) is 1.66. The monoisotopic (exact) mass is 128 g/mol. The minimum atomic E-state index is -0.0289. The zero-order valence-electron chi connectivity index (χ0n) is 6.30. The van der Waals surface area contributed by atoms with Crippen LogP contribution in [0.25, 0.3) is 0 Å². The second kappa shape index (κ2) is 2.70. The Morgan fingerprint density at radius 3 is 1.89 bits per heavy atom. The average Bonchev–Trinajstić information content (AvgIpc) is 1.83. The van der Waals surface area contributed by atoms with Crippen molar-refractivity contribution < 1.29 is 5.11 Å². The molecule has 0 heterocycles. The molecule has 0 aromatic heterocycles. The number of aliphatic hydroxyl groups is 1. The van der Waals surface area contributed by atoms with Gasteiger partial charge in [-0.05, 0) is 24.7 Å². The SMILES string of the molecule is CC1CCC[C@@H](C)[C@H]1O. The Morgan fingerprint density at radius 1 is 1.11 bits per heavy atom. The van der Waals surface area contributed by atoms with Crippen LogP contribution in [0.15, 0.2) is 0 Å². The number of hydrogen-bond acceptors (Lipinski definition) is 1. The summed E-state index contributed by atoms with van der Waals surface area (Å²) in [6.07, 6.45) is 3.70. The molecule has 0 aromatic carbocycles. The van der Waals surface area contributed by atoms with Crippen molar-refractivity contribution in [2.45, 2.75) is 39.2 Å². The third kappa shape index (κ3) is 1.45. The first-order valence-electron chi connectivity index (χ1n) is 3.90. The standard InChI is InChI=1S/C8H16O/c1-6-4-3-5-7(2)8(6)9/h6-9H,3-5H2,1-2H3/t6-,7?,8-/m1/s1. The van der Waals surface area contributed by atoms with E-state index in [9.17, 15) is 5.11 Å². The van der Waals surface area contributed by atoms with Gasteiger partial charge in [0.2, 0.25) is 0 Å². The van der Waals surface area contributed by atoms with Crippen LogP contribution in [0.5, 0.6) is 0 Å². The van der Waals surface area contributed by atoms with Crippen LogP contribution in [0.2, 0.25) is 0 Å². The summed E-state index contributed by atoms with van der Waals surface area (Å²) in [5.41, 5.74) is 0. The van der Waals surface area contributed by atoms with E-state index in [1.165, 1.54) is 19.3 Å². The molecule has 1 aliphatic rings. The summed E-state index contributed by atoms with van der Waals surface area (Å²) in [7, 11) is 0. The van der Waals surface area contributed by atoms with Crippen LogP contribution >= 0.6 is 0 Å². The van der Waals surface area contributed by atoms with Crippen molar-refractivity contribution in [1.82, 2.24) is 0 Å². The van der Waals surface area contributed by atoms with Gasteiger partial charge in [-0.15, -0.1) is 0 Å². The molecular formula is C8H16O. The zero-order chi connectivity index (χ0) is 6.85. The third-order valence-electron chi connectivity index (χ3n) is 2.48. The lowest BCUT2D eigenvalue weighted by Gasteiger charge is -2.29. The second-order valence-corrected chi connectivity index (χ2v) is 3.38. The topological polar surface area (TPSA) is 20.2 Å². The van der Waals surface area contributed by atoms with Gasteiger partial charge in [-0.2, -0.15) is 0 Å². The van der Waals surface area contributed by atoms with Crippen LogP contribution in [0.1, 0.15) is 33.1 Å². The first-order chi connectivity index (χ1) is 4.22. The summed E-state index contributed by atoms with van der Waals surface area (Å²) < 4.78 is 0. The molecular weight excluding hydrogens is 112 g/mol. The Bertz CT molecular complexity index is 80.6. The quantitative estimate of drug-likeness (QED) is 0.527. The normalized spacial score (nSPS) is 45.0. The lowest BCUT2D eigenvalue weighted by Crippen LogP contribution is -2.29. The van der Waals surface area contributed by atoms with Crippen LogP contribution in [0, 0.1) is 11.8 Å². The van der Waals surface area contributed by atoms with Gasteiger partial charge in [0.05, 0.1) is 6.10 Å². The lowest BCUT2D eigenvalue weighted by molar-refractivity contribution is 0.0334. The van der Waals surface area contributed by atoms with Crippen molar-refractivity contribution in [3.05, 3.63) is 0 Å². The summed E-state index contributed by atoms with van der Waals surface area (Å²) in [4.78, 5) is 0. The Morgan fingerprint density at radius 2 is 1.56 bits per heavy atom. The van der Waals surface area contributed by atoms with Gasteiger partial charge >= 0.3 is 0 Å². The molecule has 1 unspecified atom stereocenters. The highest BCUT2D eigenvalue weighted by atomic mass is 16.3. The Kier molecular flexibility index (Phi) is 2.12. The molecule has 9 heavy (non-hydrogen) atoms. The van der Waals surface area contributed by atoms with Crippen molar-refractivity contribution in [3.8, 4) is 0 Å². The Balaban J connectivity index is 2.41. The van der Waals surface area contributed by atoms with Crippen molar-refractivity contribution in [2.24, 2.45) is 11.8 Å². The highest BCUT2D eigenvalue weighted by Gasteiger charge is 2.24. The first-order valence-corrected chi connectivity index (χ1v) is 3.90. The predicted molar refractivity (Wildman–Crippen MR) is 38.2 cm³/mol. The summed E-state index contributed by atoms with van der Waals surface area (Å²) in [5, 5.41) is 9.45. The molecule has 54 valence electrons. The average molecular weight is 128 g/mol. The fraction of sp³-hybridized carbons (Fsp3) is 1.00. The molecule has 0 bridgehead atoms. The molecule has 0 spiro atoms. The van der Waals surface area contributed by atoms with Gasteiger partial charge in [-0.3, -0.25) is 0 Å². The molecule has 0 amide bonds. The van der Waals surface area contributed by atoms with Gasteiger partial charge in [0.1, 0.15) is 0 Å². The smallest absolute Gasteiger partial charge is 0.0591 e. The van der Waals surface area contributed by atoms with Crippen molar-refractivity contribution >= 4 is 0 Å². The Labute approximate surface area is 57.1 Å². The van der Waals surface area contributed by atoms with Crippen LogP contribution in [0.4, 0.5) is 0 Å². The Hall–Kier alpha value is -0.0400. The van der Waals surface area contributed by atoms with Gasteiger partial charge in [0.15, 0.2) is 0 Å². The molecule has 0 radical (unpaired) electrons. The van der Waals surface area contributed by atoms with Crippen LogP contribution < -0.4 is 0 Å². The first kappa shape index (κ1) is 7.07. The van der Waals surface area contributed by atoms with E-state index in [1.54, 1.807) is 0 Å². The minimum absolute atomic E-state index is 0.0289. The molecule has 1 fully saturated rings. The maximum atomic E-state index is 9.45. The van der Waals surface area contributed by atoms with E-state index in [0.717, 1.165) is 0 Å². The highest BCUT2D eigenvalue weighted by Crippen LogP contribution is 2.28. The number of aliphatic hydroxyl groups excluding tert-OH is 1. The third-order valence-corrected chi connectivity index (χ3v) is 2.48. The molecule has 1 rings (SSSR count). The highest BCUT2D eigenvalue weighted by molar-refractivity contribution is 4.75. The number of hydrogen-bond donors (Lipinski definition) is 1. The zero-order valence-corrected chi connectivity index (χ0v) is 6.30. The van der Waals surface area contributed by atoms with Crippen LogP contribution in [-0.4, -0.2) is 11.2 Å². The van der Waals surface area contributed by atoms with E-state index in [2.05, 4.69) is 13.8 Å². The summed E-state index contributed by atoms with van der Waals surface area (Å²) in [6, 6.07) is 0. The second-order valence-electron chi connectivity index (χ2n) is 3.38. The molecule has 3 atom stereocenters. The maximum Gasteiger partial charge on any atom is 0.0591 e. The van der Waals surface area contributed by atoms with Gasteiger partial charge in [-0.25, -0.2) is 0 Å². The molecule has 1 nitrogen and oxygen atoms in total. The maximum absolute atomic E-state index is 9.45. The molecule has 0 aliphatic heterocycles. The lowest BCUT2D eigenvalue weighted by atomic mass is 9.81. The fourth-order valence-corrected chi connectivity index (χ4v) is 1.66. The molecule has 0 aromatic rings. The van der Waals surface area contributed by atoms with Crippen LogP contribution in [-0.2, 0) is 0 Å². The summed E-state index contributed by atoms with van der Waals surface area (Å²) >= 11 is 0. The van der Waals surface area contributed by atoms with Gasteiger partial charge < -0.3 is 5.11 Å². The molecule has 1 heteroatoms. The molecule has 1 N–H and O–H groups in total. The van der Waals surface area contributed by atoms with E-state index in [4.69, 9.17) is 0 Å². The van der Waals surface area contributed by atoms with E-state index in [0.29, 0.717) is 11.8 Å². The summed E-state index contributed by atoms with van der Waals surface area (Å²) in [6.45, 7) is 4.28. The van der Waals surface area contributed by atoms with Gasteiger partial charge in [0, 0.05) is 0 Å². The minimum Gasteiger partial charge on any atom is -0.393 e. The van der Waals surface area contributed by atoms with Crippen molar-refractivity contribution in [1.29, 1.82) is 0 Å². The largest absolute Gasteiger partial charge is 0.393 e. The van der Waals surface area contributed by atoms with Crippen molar-refractivity contribution in [3.63, 3.8) is 0 Å². The van der Waals surface area contributed by atoms with E-state index >= 15 is 0 Å². The van der Waals surface area contributed by atoms with E-state index < -0.39 is 0 Å².